The first-order chi connectivity index (χ1) is 12.5. The van der Waals surface area contributed by atoms with Gasteiger partial charge in [-0.1, -0.05) is 12.1 Å². The molecule has 26 heavy (non-hydrogen) atoms. The van der Waals surface area contributed by atoms with E-state index >= 15 is 0 Å². The van der Waals surface area contributed by atoms with Crippen molar-refractivity contribution >= 4 is 17.4 Å². The Hall–Kier alpha value is -2.08. The number of nitrogens with one attached hydrogen (secondary N) is 1. The molecule has 1 aliphatic heterocycles. The Morgan fingerprint density at radius 2 is 2.15 bits per heavy atom. The van der Waals surface area contributed by atoms with Crippen LogP contribution in [0.15, 0.2) is 12.1 Å². The maximum Gasteiger partial charge on any atom is 0.318 e. The summed E-state index contributed by atoms with van der Waals surface area (Å²) < 4.78 is 5.83. The number of aromatic nitrogens is 1. The van der Waals surface area contributed by atoms with E-state index in [0.717, 1.165) is 34.7 Å². The first-order valence-electron chi connectivity index (χ1n) is 9.25. The summed E-state index contributed by atoms with van der Waals surface area (Å²) in [6.45, 7) is 5.18. The number of rotatable bonds is 3. The van der Waals surface area contributed by atoms with Crippen LogP contribution in [0.4, 0.5) is 4.79 Å². The smallest absolute Gasteiger partial charge is 0.318 e. The van der Waals surface area contributed by atoms with E-state index in [1.165, 1.54) is 29.0 Å². The largest absolute Gasteiger partial charge is 0.490 e. The van der Waals surface area contributed by atoms with Gasteiger partial charge in [-0.3, -0.25) is 0 Å². The summed E-state index contributed by atoms with van der Waals surface area (Å²) in [5.74, 6) is 0.922. The van der Waals surface area contributed by atoms with Gasteiger partial charge < -0.3 is 15.0 Å². The second kappa shape index (κ2) is 6.91. The summed E-state index contributed by atoms with van der Waals surface area (Å²) in [5.41, 5.74) is 4.68. The number of ether oxygens (including phenoxy) is 1. The van der Waals surface area contributed by atoms with Crippen LogP contribution in [0.1, 0.15) is 51.2 Å². The number of benzene rings is 1. The Kier molecular flexibility index (Phi) is 4.61. The Balaban J connectivity index is 1.41. The molecule has 5 nitrogen and oxygen atoms in total. The molecule has 0 radical (unpaired) electrons. The fourth-order valence-electron chi connectivity index (χ4n) is 3.66. The van der Waals surface area contributed by atoms with E-state index in [1.54, 1.807) is 16.2 Å². The topological polar surface area (TPSA) is 54.5 Å². The highest BCUT2D eigenvalue weighted by Crippen LogP contribution is 2.36. The third-order valence-corrected chi connectivity index (χ3v) is 6.53. The second-order valence-electron chi connectivity index (χ2n) is 7.28. The van der Waals surface area contributed by atoms with Crippen molar-refractivity contribution in [2.24, 2.45) is 0 Å². The van der Waals surface area contributed by atoms with Crippen molar-refractivity contribution in [3.63, 3.8) is 0 Å². The number of amides is 2. The molecule has 2 heterocycles. The van der Waals surface area contributed by atoms with Gasteiger partial charge in [-0.05, 0) is 50.7 Å². The summed E-state index contributed by atoms with van der Waals surface area (Å²) >= 11 is 1.76. The molecule has 1 aliphatic carbocycles. The van der Waals surface area contributed by atoms with E-state index in [1.807, 2.05) is 7.05 Å². The van der Waals surface area contributed by atoms with Crippen molar-refractivity contribution < 1.29 is 9.53 Å². The Morgan fingerprint density at radius 1 is 1.35 bits per heavy atom. The summed E-state index contributed by atoms with van der Waals surface area (Å²) in [6, 6.07) is 3.97. The van der Waals surface area contributed by atoms with Gasteiger partial charge in [0.2, 0.25) is 0 Å². The van der Waals surface area contributed by atoms with Crippen molar-refractivity contribution in [2.75, 3.05) is 13.7 Å². The SMILES string of the molecule is Cc1ccc2c(c1C)OC[C@H]2NC(=O)N(C)Cc1nc2c(s1)CCCC2. The zero-order valence-corrected chi connectivity index (χ0v) is 16.4. The zero-order chi connectivity index (χ0) is 18.3. The minimum Gasteiger partial charge on any atom is -0.490 e. The maximum atomic E-state index is 12.6. The monoisotopic (exact) mass is 371 g/mol. The molecular formula is C20H25N3O2S. The normalized spacial score (nSPS) is 18.0. The number of fused-ring (bicyclic) bond motifs is 2. The number of nitrogens with zero attached hydrogens (tertiary/aromatic N) is 2. The molecule has 2 amide bonds. The lowest BCUT2D eigenvalue weighted by molar-refractivity contribution is 0.199. The van der Waals surface area contributed by atoms with Crippen molar-refractivity contribution in [3.8, 4) is 5.75 Å². The van der Waals surface area contributed by atoms with Crippen molar-refractivity contribution in [1.29, 1.82) is 0 Å². The predicted molar refractivity (Wildman–Crippen MR) is 103 cm³/mol. The highest BCUT2D eigenvalue weighted by molar-refractivity contribution is 7.11. The van der Waals surface area contributed by atoms with Crippen LogP contribution in [-0.4, -0.2) is 29.6 Å². The highest BCUT2D eigenvalue weighted by atomic mass is 32.1. The molecule has 6 heteroatoms. The van der Waals surface area contributed by atoms with Crippen LogP contribution in [0.25, 0.3) is 0 Å². The number of carbonyl (C=O) groups is 1. The third-order valence-electron chi connectivity index (χ3n) is 5.38. The zero-order valence-electron chi connectivity index (χ0n) is 15.6. The van der Waals surface area contributed by atoms with Gasteiger partial charge in [-0.2, -0.15) is 0 Å². The van der Waals surface area contributed by atoms with Crippen molar-refractivity contribution in [1.82, 2.24) is 15.2 Å². The van der Waals surface area contributed by atoms with Crippen LogP contribution in [-0.2, 0) is 19.4 Å². The van der Waals surface area contributed by atoms with Crippen LogP contribution in [0, 0.1) is 13.8 Å². The molecule has 1 N–H and O–H groups in total. The van der Waals surface area contributed by atoms with E-state index < -0.39 is 0 Å². The lowest BCUT2D eigenvalue weighted by Crippen LogP contribution is -2.39. The van der Waals surface area contributed by atoms with Gasteiger partial charge in [0.25, 0.3) is 0 Å². The molecule has 0 fully saturated rings. The number of urea groups is 1. The molecule has 0 unspecified atom stereocenters. The van der Waals surface area contributed by atoms with E-state index in [4.69, 9.17) is 9.72 Å². The van der Waals surface area contributed by atoms with Gasteiger partial charge in [0.1, 0.15) is 17.4 Å². The molecule has 1 aromatic heterocycles. The summed E-state index contributed by atoms with van der Waals surface area (Å²) in [7, 11) is 1.83. The fourth-order valence-corrected chi connectivity index (χ4v) is 4.87. The standard InChI is InChI=1S/C20H25N3O2S/c1-12-8-9-14-16(11-25-19(14)13(12)2)22-20(24)23(3)10-18-21-15-6-4-5-7-17(15)26-18/h8-9,16H,4-7,10-11H2,1-3H3,(H,22,24)/t16-/m1/s1. The van der Waals surface area contributed by atoms with Crippen molar-refractivity contribution in [3.05, 3.63) is 44.4 Å². The quantitative estimate of drug-likeness (QED) is 0.890. The van der Waals surface area contributed by atoms with Crippen LogP contribution >= 0.6 is 11.3 Å². The summed E-state index contributed by atoms with van der Waals surface area (Å²) in [5, 5.41) is 4.13. The number of thiazole rings is 1. The molecule has 4 rings (SSSR count). The van der Waals surface area contributed by atoms with Gasteiger partial charge in [0.15, 0.2) is 0 Å². The Bertz CT molecular complexity index is 822. The van der Waals surface area contributed by atoms with E-state index in [9.17, 15) is 4.79 Å². The summed E-state index contributed by atoms with van der Waals surface area (Å²) in [6.07, 6.45) is 4.70. The number of hydrogen-bond donors (Lipinski definition) is 1. The highest BCUT2D eigenvalue weighted by Gasteiger charge is 2.28. The molecule has 2 aromatic rings. The van der Waals surface area contributed by atoms with Gasteiger partial charge >= 0.3 is 6.03 Å². The molecule has 1 atom stereocenters. The molecule has 0 spiro atoms. The fraction of sp³-hybridized carbons (Fsp3) is 0.500. The Labute approximate surface area is 158 Å². The van der Waals surface area contributed by atoms with E-state index in [0.29, 0.717) is 13.2 Å². The number of hydrogen-bond acceptors (Lipinski definition) is 4. The molecular weight excluding hydrogens is 346 g/mol. The second-order valence-corrected chi connectivity index (χ2v) is 8.45. The first-order valence-corrected chi connectivity index (χ1v) is 10.1. The van der Waals surface area contributed by atoms with Gasteiger partial charge in [0, 0.05) is 17.5 Å². The van der Waals surface area contributed by atoms with Gasteiger partial charge in [-0.15, -0.1) is 11.3 Å². The third kappa shape index (κ3) is 3.18. The molecule has 0 saturated heterocycles. The minimum absolute atomic E-state index is 0.0853. The summed E-state index contributed by atoms with van der Waals surface area (Å²) in [4.78, 5) is 20.5. The molecule has 138 valence electrons. The minimum atomic E-state index is -0.0937. The average Bonchev–Trinajstić information content (AvgIpc) is 3.21. The number of aryl methyl sites for hydroxylation is 3. The molecule has 0 saturated carbocycles. The first kappa shape index (κ1) is 17.3. The lowest BCUT2D eigenvalue weighted by Gasteiger charge is -2.19. The van der Waals surface area contributed by atoms with Crippen LogP contribution in [0.5, 0.6) is 5.75 Å². The van der Waals surface area contributed by atoms with Gasteiger partial charge in [0.05, 0.1) is 18.3 Å². The molecule has 2 aliphatic rings. The lowest BCUT2D eigenvalue weighted by atomic mass is 10.0. The van der Waals surface area contributed by atoms with Gasteiger partial charge in [-0.25, -0.2) is 9.78 Å². The van der Waals surface area contributed by atoms with Crippen LogP contribution in [0.2, 0.25) is 0 Å². The Morgan fingerprint density at radius 3 is 2.96 bits per heavy atom. The van der Waals surface area contributed by atoms with E-state index in [-0.39, 0.29) is 12.1 Å². The number of carbonyl (C=O) groups excluding carboxylic acids is 1. The molecule has 1 aromatic carbocycles. The van der Waals surface area contributed by atoms with Crippen LogP contribution in [0.3, 0.4) is 0 Å². The van der Waals surface area contributed by atoms with Crippen LogP contribution < -0.4 is 10.1 Å². The van der Waals surface area contributed by atoms with E-state index in [2.05, 4.69) is 31.3 Å². The predicted octanol–water partition coefficient (Wildman–Crippen LogP) is 3.91. The average molecular weight is 372 g/mol. The van der Waals surface area contributed by atoms with Crippen molar-refractivity contribution in [2.45, 2.75) is 52.1 Å². The maximum absolute atomic E-state index is 12.6. The molecule has 0 bridgehead atoms.